The number of thioether (sulfide) groups is 1. The third kappa shape index (κ3) is 7.99. The predicted molar refractivity (Wildman–Crippen MR) is 56.0 cm³/mol. The van der Waals surface area contributed by atoms with Gasteiger partial charge in [0.15, 0.2) is 0 Å². The molecule has 0 aromatic heterocycles. The van der Waals surface area contributed by atoms with Crippen molar-refractivity contribution in [3.05, 3.63) is 11.0 Å². The molecule has 0 saturated heterocycles. The molecule has 11 heavy (non-hydrogen) atoms. The summed E-state index contributed by atoms with van der Waals surface area (Å²) in [6, 6.07) is 0. The van der Waals surface area contributed by atoms with E-state index in [1.807, 2.05) is 11.8 Å². The summed E-state index contributed by atoms with van der Waals surface area (Å²) in [6.45, 7) is 6.65. The molecular weight excluding hydrogens is 152 g/mol. The van der Waals surface area contributed by atoms with Gasteiger partial charge in [-0.2, -0.15) is 0 Å². The van der Waals surface area contributed by atoms with Gasteiger partial charge < -0.3 is 0 Å². The number of hydrogen-bond donors (Lipinski definition) is 0. The predicted octanol–water partition coefficient (Wildman–Crippen LogP) is 4.22. The van der Waals surface area contributed by atoms with Crippen LogP contribution in [0.3, 0.4) is 0 Å². The van der Waals surface area contributed by atoms with Crippen LogP contribution >= 0.6 is 11.8 Å². The first kappa shape index (κ1) is 11.1. The highest BCUT2D eigenvalue weighted by molar-refractivity contribution is 8.03. The monoisotopic (exact) mass is 172 g/mol. The summed E-state index contributed by atoms with van der Waals surface area (Å²) in [5.41, 5.74) is 0. The molecule has 0 nitrogen and oxygen atoms in total. The summed E-state index contributed by atoms with van der Waals surface area (Å²) < 4.78 is 0. The Hall–Kier alpha value is 0.0900. The van der Waals surface area contributed by atoms with Crippen molar-refractivity contribution in [2.24, 2.45) is 0 Å². The smallest absolute Gasteiger partial charge is 0.00235 e. The first-order chi connectivity index (χ1) is 5.31. The highest BCUT2D eigenvalue weighted by atomic mass is 32.2. The van der Waals surface area contributed by atoms with E-state index in [2.05, 4.69) is 26.8 Å². The van der Waals surface area contributed by atoms with E-state index in [1.54, 1.807) is 0 Å². The fourth-order valence-corrected chi connectivity index (χ4v) is 1.89. The van der Waals surface area contributed by atoms with E-state index in [9.17, 15) is 0 Å². The van der Waals surface area contributed by atoms with Gasteiger partial charge in [-0.3, -0.25) is 0 Å². The maximum absolute atomic E-state index is 2.30. The molecule has 0 amide bonds. The van der Waals surface area contributed by atoms with E-state index in [-0.39, 0.29) is 0 Å². The highest BCUT2D eigenvalue weighted by Crippen LogP contribution is 2.17. The molecule has 0 aliphatic heterocycles. The quantitative estimate of drug-likeness (QED) is 0.540. The Balaban J connectivity index is 3.17. The fraction of sp³-hybridized carbons (Fsp3) is 0.800. The zero-order valence-electron chi connectivity index (χ0n) is 8.02. The van der Waals surface area contributed by atoms with E-state index in [4.69, 9.17) is 0 Å². The molecule has 0 aliphatic rings. The zero-order chi connectivity index (χ0) is 8.53. The van der Waals surface area contributed by atoms with Gasteiger partial charge in [-0.1, -0.05) is 32.8 Å². The molecule has 0 aromatic rings. The highest BCUT2D eigenvalue weighted by Gasteiger charge is 1.89. The van der Waals surface area contributed by atoms with Crippen molar-refractivity contribution in [3.63, 3.8) is 0 Å². The molecule has 0 radical (unpaired) electrons. The van der Waals surface area contributed by atoms with Gasteiger partial charge in [0.2, 0.25) is 0 Å². The Bertz CT molecular complexity index is 105. The topological polar surface area (TPSA) is 0 Å². The third-order valence-corrected chi connectivity index (χ3v) is 2.68. The molecule has 0 saturated carbocycles. The van der Waals surface area contributed by atoms with Crippen LogP contribution in [0.2, 0.25) is 0 Å². The molecule has 0 spiro atoms. The molecule has 0 N–H and O–H groups in total. The maximum atomic E-state index is 2.30. The summed E-state index contributed by atoms with van der Waals surface area (Å²) in [7, 11) is 0. The summed E-state index contributed by atoms with van der Waals surface area (Å²) in [5, 5.41) is 0. The molecule has 0 fully saturated rings. The first-order valence-electron chi connectivity index (χ1n) is 4.60. The second-order valence-corrected chi connectivity index (χ2v) is 4.12. The summed E-state index contributed by atoms with van der Waals surface area (Å²) in [5.74, 6) is 1.30. The minimum absolute atomic E-state index is 1.17. The first-order valence-corrected chi connectivity index (χ1v) is 5.59. The molecule has 0 atom stereocenters. The Labute approximate surface area is 75.5 Å². The molecule has 1 heteroatoms. The van der Waals surface area contributed by atoms with E-state index in [1.165, 1.54) is 36.3 Å². The lowest BCUT2D eigenvalue weighted by Gasteiger charge is -1.99. The van der Waals surface area contributed by atoms with Crippen molar-refractivity contribution < 1.29 is 0 Å². The third-order valence-electron chi connectivity index (χ3n) is 1.57. The number of rotatable bonds is 6. The van der Waals surface area contributed by atoms with Crippen LogP contribution in [-0.2, 0) is 0 Å². The van der Waals surface area contributed by atoms with Gasteiger partial charge in [-0.25, -0.2) is 0 Å². The lowest BCUT2D eigenvalue weighted by Crippen LogP contribution is -1.79. The van der Waals surface area contributed by atoms with Crippen LogP contribution in [0.1, 0.15) is 46.5 Å². The Morgan fingerprint density at radius 2 is 2.00 bits per heavy atom. The van der Waals surface area contributed by atoms with Gasteiger partial charge in [-0.15, -0.1) is 11.8 Å². The molecular formula is C10H20S. The van der Waals surface area contributed by atoms with Crippen LogP contribution in [0.15, 0.2) is 11.0 Å². The van der Waals surface area contributed by atoms with Crippen molar-refractivity contribution in [1.82, 2.24) is 0 Å². The minimum atomic E-state index is 1.17. The molecule has 0 rings (SSSR count). The molecule has 0 bridgehead atoms. The lowest BCUT2D eigenvalue weighted by atomic mass is 10.3. The van der Waals surface area contributed by atoms with Gasteiger partial charge in [0.05, 0.1) is 0 Å². The largest absolute Gasteiger partial charge is 0.131 e. The Morgan fingerprint density at radius 3 is 2.55 bits per heavy atom. The van der Waals surface area contributed by atoms with Crippen molar-refractivity contribution in [3.8, 4) is 0 Å². The van der Waals surface area contributed by atoms with E-state index in [0.717, 1.165) is 0 Å². The molecule has 0 aliphatic carbocycles. The second-order valence-electron chi connectivity index (χ2n) is 2.78. The molecule has 66 valence electrons. The molecule has 0 unspecified atom stereocenters. The van der Waals surface area contributed by atoms with Crippen LogP contribution in [0.25, 0.3) is 0 Å². The van der Waals surface area contributed by atoms with Crippen LogP contribution < -0.4 is 0 Å². The average Bonchev–Trinajstić information content (AvgIpc) is 1.99. The average molecular weight is 172 g/mol. The van der Waals surface area contributed by atoms with E-state index < -0.39 is 0 Å². The van der Waals surface area contributed by atoms with Gasteiger partial charge in [0.1, 0.15) is 0 Å². The van der Waals surface area contributed by atoms with E-state index in [0.29, 0.717) is 0 Å². The Kier molecular flexibility index (Phi) is 8.26. The van der Waals surface area contributed by atoms with Gasteiger partial charge in [0, 0.05) is 0 Å². The second kappa shape index (κ2) is 8.19. The standard InChI is InChI=1S/C10H20S/c1-4-6-7-9-11-10(3)8-5-2/h8H,4-7,9H2,1-3H3/b10-8+. The molecule has 0 aromatic carbocycles. The van der Waals surface area contributed by atoms with Crippen molar-refractivity contribution in [1.29, 1.82) is 0 Å². The van der Waals surface area contributed by atoms with Crippen LogP contribution in [0.5, 0.6) is 0 Å². The van der Waals surface area contributed by atoms with Gasteiger partial charge in [-0.05, 0) is 30.4 Å². The van der Waals surface area contributed by atoms with Crippen molar-refractivity contribution in [2.75, 3.05) is 5.75 Å². The van der Waals surface area contributed by atoms with Gasteiger partial charge >= 0.3 is 0 Å². The van der Waals surface area contributed by atoms with Crippen molar-refractivity contribution in [2.45, 2.75) is 46.5 Å². The fourth-order valence-electron chi connectivity index (χ4n) is 0.932. The maximum Gasteiger partial charge on any atom is -0.00235 e. The minimum Gasteiger partial charge on any atom is -0.131 e. The van der Waals surface area contributed by atoms with Crippen LogP contribution in [0.4, 0.5) is 0 Å². The van der Waals surface area contributed by atoms with Crippen LogP contribution in [-0.4, -0.2) is 5.75 Å². The molecule has 0 heterocycles. The SMILES string of the molecule is CC/C=C(\C)SCCCCC. The van der Waals surface area contributed by atoms with Crippen LogP contribution in [0, 0.1) is 0 Å². The normalized spacial score (nSPS) is 12.1. The summed E-state index contributed by atoms with van der Waals surface area (Å²) >= 11 is 2.00. The lowest BCUT2D eigenvalue weighted by molar-refractivity contribution is 0.779. The van der Waals surface area contributed by atoms with Crippen molar-refractivity contribution >= 4 is 11.8 Å². The summed E-state index contributed by atoms with van der Waals surface area (Å²) in [4.78, 5) is 1.49. The number of allylic oxidation sites excluding steroid dienone is 2. The Morgan fingerprint density at radius 1 is 1.27 bits per heavy atom. The number of unbranched alkanes of at least 4 members (excludes halogenated alkanes) is 2. The zero-order valence-corrected chi connectivity index (χ0v) is 8.84. The summed E-state index contributed by atoms with van der Waals surface area (Å²) in [6.07, 6.45) is 7.56. The number of hydrogen-bond acceptors (Lipinski definition) is 1. The van der Waals surface area contributed by atoms with E-state index >= 15 is 0 Å². The van der Waals surface area contributed by atoms with Gasteiger partial charge in [0.25, 0.3) is 0 Å².